The topological polar surface area (TPSA) is 34.1 Å². The standard InChI is InChI=1S/C11H10Cl2O2S/c1-5-6(2)16(15)11-8(13)4-3-7(12)9(11)10(5)14/h3-6H,1-2H3. The molecule has 1 aliphatic rings. The summed E-state index contributed by atoms with van der Waals surface area (Å²) in [7, 11) is -1.27. The third-order valence-electron chi connectivity index (χ3n) is 2.96. The van der Waals surface area contributed by atoms with Crippen LogP contribution in [-0.2, 0) is 10.8 Å². The van der Waals surface area contributed by atoms with Gasteiger partial charge in [-0.15, -0.1) is 0 Å². The number of Topliss-reactive ketones (excluding diaryl/α,β-unsaturated/α-hetero) is 1. The zero-order valence-corrected chi connectivity index (χ0v) is 11.1. The molecule has 0 saturated heterocycles. The molecule has 0 saturated carbocycles. The molecule has 5 heteroatoms. The fraction of sp³-hybridized carbons (Fsp3) is 0.364. The molecule has 1 aromatic rings. The number of rotatable bonds is 0. The second kappa shape index (κ2) is 4.13. The van der Waals surface area contributed by atoms with E-state index in [0.29, 0.717) is 20.5 Å². The lowest BCUT2D eigenvalue weighted by molar-refractivity contribution is 0.0922. The van der Waals surface area contributed by atoms with Gasteiger partial charge in [-0.2, -0.15) is 0 Å². The average Bonchev–Trinajstić information content (AvgIpc) is 2.26. The van der Waals surface area contributed by atoms with E-state index in [1.165, 1.54) is 0 Å². The van der Waals surface area contributed by atoms with Gasteiger partial charge in [0.1, 0.15) is 0 Å². The van der Waals surface area contributed by atoms with Crippen molar-refractivity contribution in [2.45, 2.75) is 24.0 Å². The van der Waals surface area contributed by atoms with Crippen molar-refractivity contribution in [1.29, 1.82) is 0 Å². The molecule has 1 aliphatic heterocycles. The zero-order chi connectivity index (χ0) is 12.0. The maximum absolute atomic E-state index is 12.2. The van der Waals surface area contributed by atoms with Crippen molar-refractivity contribution < 1.29 is 9.00 Å². The van der Waals surface area contributed by atoms with Gasteiger partial charge in [0.25, 0.3) is 0 Å². The number of benzene rings is 1. The minimum atomic E-state index is -1.27. The Labute approximate surface area is 106 Å². The van der Waals surface area contributed by atoms with Crippen molar-refractivity contribution in [2.75, 3.05) is 0 Å². The number of halogens is 2. The van der Waals surface area contributed by atoms with Crippen molar-refractivity contribution in [2.24, 2.45) is 5.92 Å². The van der Waals surface area contributed by atoms with Crippen LogP contribution in [0.15, 0.2) is 17.0 Å². The highest BCUT2D eigenvalue weighted by atomic mass is 35.5. The molecule has 0 bridgehead atoms. The van der Waals surface area contributed by atoms with Crippen molar-refractivity contribution in [3.63, 3.8) is 0 Å². The highest BCUT2D eigenvalue weighted by molar-refractivity contribution is 7.86. The van der Waals surface area contributed by atoms with Crippen LogP contribution in [0.2, 0.25) is 10.0 Å². The Morgan fingerprint density at radius 1 is 1.19 bits per heavy atom. The van der Waals surface area contributed by atoms with Gasteiger partial charge in [-0.1, -0.05) is 30.1 Å². The third kappa shape index (κ3) is 1.62. The van der Waals surface area contributed by atoms with Crippen molar-refractivity contribution in [3.8, 4) is 0 Å². The van der Waals surface area contributed by atoms with Crippen LogP contribution >= 0.6 is 23.2 Å². The molecule has 1 heterocycles. The molecule has 1 aromatic carbocycles. The second-order valence-corrected chi connectivity index (χ2v) is 6.45. The molecule has 2 nitrogen and oxygen atoms in total. The second-order valence-electron chi connectivity index (χ2n) is 3.89. The van der Waals surface area contributed by atoms with Crippen molar-refractivity contribution in [3.05, 3.63) is 27.7 Å². The highest BCUT2D eigenvalue weighted by Crippen LogP contribution is 2.38. The molecule has 0 aromatic heterocycles. The summed E-state index contributed by atoms with van der Waals surface area (Å²) in [5.74, 6) is -0.362. The van der Waals surface area contributed by atoms with Crippen LogP contribution in [-0.4, -0.2) is 15.2 Å². The smallest absolute Gasteiger partial charge is 0.169 e. The first-order chi connectivity index (χ1) is 7.45. The van der Waals surface area contributed by atoms with Crippen molar-refractivity contribution >= 4 is 39.8 Å². The van der Waals surface area contributed by atoms with Gasteiger partial charge >= 0.3 is 0 Å². The summed E-state index contributed by atoms with van der Waals surface area (Å²) in [6.45, 7) is 3.56. The first-order valence-corrected chi connectivity index (χ1v) is 6.84. The van der Waals surface area contributed by atoms with Gasteiger partial charge in [0, 0.05) is 11.2 Å². The number of carbonyl (C=O) groups is 1. The lowest BCUT2D eigenvalue weighted by atomic mass is 9.96. The van der Waals surface area contributed by atoms with Crippen LogP contribution < -0.4 is 0 Å². The molecule has 86 valence electrons. The van der Waals surface area contributed by atoms with Crippen LogP contribution in [0.25, 0.3) is 0 Å². The van der Waals surface area contributed by atoms with Gasteiger partial charge in [0.15, 0.2) is 5.78 Å². The van der Waals surface area contributed by atoms with Crippen LogP contribution in [0.5, 0.6) is 0 Å². The Bertz CT molecular complexity index is 454. The lowest BCUT2D eigenvalue weighted by Gasteiger charge is -2.27. The number of ketones is 1. The monoisotopic (exact) mass is 276 g/mol. The molecule has 0 spiro atoms. The van der Waals surface area contributed by atoms with E-state index in [9.17, 15) is 9.00 Å². The first-order valence-electron chi connectivity index (χ1n) is 4.88. The Balaban J connectivity index is 2.77. The molecule has 0 aliphatic carbocycles. The molecular weight excluding hydrogens is 267 g/mol. The Hall–Kier alpha value is -0.380. The summed E-state index contributed by atoms with van der Waals surface area (Å²) < 4.78 is 12.2. The van der Waals surface area contributed by atoms with Gasteiger partial charge in [-0.3, -0.25) is 9.00 Å². The molecule has 0 amide bonds. The molecule has 16 heavy (non-hydrogen) atoms. The summed E-state index contributed by atoms with van der Waals surface area (Å²) >= 11 is 12.0. The fourth-order valence-electron chi connectivity index (χ4n) is 1.77. The summed E-state index contributed by atoms with van der Waals surface area (Å²) in [5, 5.41) is 0.456. The summed E-state index contributed by atoms with van der Waals surface area (Å²) in [5.41, 5.74) is 0.332. The van der Waals surface area contributed by atoms with Crippen molar-refractivity contribution in [1.82, 2.24) is 0 Å². The quantitative estimate of drug-likeness (QED) is 0.729. The van der Waals surface area contributed by atoms with Gasteiger partial charge in [-0.05, 0) is 19.1 Å². The van der Waals surface area contributed by atoms with E-state index in [2.05, 4.69) is 0 Å². The minimum Gasteiger partial charge on any atom is -0.294 e. The number of hydrogen-bond donors (Lipinski definition) is 0. The number of carbonyl (C=O) groups excluding carboxylic acids is 1. The third-order valence-corrected chi connectivity index (χ3v) is 5.61. The van der Waals surface area contributed by atoms with Gasteiger partial charge in [0.05, 0.1) is 31.3 Å². The first kappa shape index (κ1) is 12.1. The van der Waals surface area contributed by atoms with Gasteiger partial charge < -0.3 is 0 Å². The molecule has 0 fully saturated rings. The SMILES string of the molecule is CC1C(=O)c2c(Cl)ccc(Cl)c2S(=O)C1C. The van der Waals surface area contributed by atoms with E-state index in [4.69, 9.17) is 23.2 Å². The Kier molecular flexibility index (Phi) is 3.12. The fourth-order valence-corrected chi connectivity index (χ4v) is 4.00. The predicted octanol–water partition coefficient (Wildman–Crippen LogP) is 3.32. The molecule has 0 N–H and O–H groups in total. The Morgan fingerprint density at radius 3 is 2.38 bits per heavy atom. The van der Waals surface area contributed by atoms with E-state index in [0.717, 1.165) is 0 Å². The van der Waals surface area contributed by atoms with Gasteiger partial charge in [0.2, 0.25) is 0 Å². The summed E-state index contributed by atoms with van der Waals surface area (Å²) in [6, 6.07) is 3.15. The minimum absolute atomic E-state index is 0.0744. The highest BCUT2D eigenvalue weighted by Gasteiger charge is 2.37. The number of hydrogen-bond acceptors (Lipinski definition) is 2. The van der Waals surface area contributed by atoms with Crippen LogP contribution in [0.1, 0.15) is 24.2 Å². The van der Waals surface area contributed by atoms with Crippen LogP contribution in [0, 0.1) is 5.92 Å². The summed E-state index contributed by atoms with van der Waals surface area (Å²) in [6.07, 6.45) is 0. The predicted molar refractivity (Wildman–Crippen MR) is 65.8 cm³/mol. The van der Waals surface area contributed by atoms with E-state index in [1.54, 1.807) is 26.0 Å². The molecular formula is C11H10Cl2O2S. The number of fused-ring (bicyclic) bond motifs is 1. The van der Waals surface area contributed by atoms with E-state index in [-0.39, 0.29) is 17.0 Å². The molecule has 3 unspecified atom stereocenters. The maximum Gasteiger partial charge on any atom is 0.169 e. The summed E-state index contributed by atoms with van der Waals surface area (Å²) in [4.78, 5) is 12.5. The van der Waals surface area contributed by atoms with Crippen LogP contribution in [0.4, 0.5) is 0 Å². The lowest BCUT2D eigenvalue weighted by Crippen LogP contribution is -2.34. The Morgan fingerprint density at radius 2 is 1.75 bits per heavy atom. The van der Waals surface area contributed by atoms with Gasteiger partial charge in [-0.25, -0.2) is 0 Å². The molecule has 2 rings (SSSR count). The van der Waals surface area contributed by atoms with E-state index < -0.39 is 10.8 Å². The average molecular weight is 277 g/mol. The van der Waals surface area contributed by atoms with E-state index >= 15 is 0 Å². The molecule has 3 atom stereocenters. The largest absolute Gasteiger partial charge is 0.294 e. The normalized spacial score (nSPS) is 29.0. The zero-order valence-electron chi connectivity index (χ0n) is 8.79. The molecule has 0 radical (unpaired) electrons. The van der Waals surface area contributed by atoms with E-state index in [1.807, 2.05) is 0 Å². The maximum atomic E-state index is 12.2. The van der Waals surface area contributed by atoms with Crippen LogP contribution in [0.3, 0.4) is 0 Å².